The highest BCUT2D eigenvalue weighted by atomic mass is 16.5. The summed E-state index contributed by atoms with van der Waals surface area (Å²) in [6, 6.07) is 16.3. The Morgan fingerprint density at radius 1 is 1.09 bits per heavy atom. The first-order chi connectivity index (χ1) is 15.8. The molecule has 1 heterocycles. The molecule has 33 heavy (non-hydrogen) atoms. The Labute approximate surface area is 193 Å². The first-order valence-electron chi connectivity index (χ1n) is 11.2. The highest BCUT2D eigenvalue weighted by Gasteiger charge is 2.44. The summed E-state index contributed by atoms with van der Waals surface area (Å²) in [5.74, 6) is -0.319. The lowest BCUT2D eigenvalue weighted by atomic mass is 9.94. The molecule has 1 fully saturated rings. The fraction of sp³-hybridized carbons (Fsp3) is 0.346. The number of allylic oxidation sites excluding steroid dienone is 1. The van der Waals surface area contributed by atoms with Gasteiger partial charge in [-0.2, -0.15) is 0 Å². The van der Waals surface area contributed by atoms with Crippen molar-refractivity contribution in [2.45, 2.75) is 45.3 Å². The van der Waals surface area contributed by atoms with Crippen LogP contribution in [0.2, 0.25) is 0 Å². The number of carbonyl (C=O) groups excluding carboxylic acids is 3. The average molecular weight is 448 g/mol. The third kappa shape index (κ3) is 4.77. The van der Waals surface area contributed by atoms with Gasteiger partial charge in [-0.25, -0.2) is 9.59 Å². The lowest BCUT2D eigenvalue weighted by molar-refractivity contribution is -0.143. The minimum Gasteiger partial charge on any atom is -0.459 e. The number of hydrogen-bond acceptors (Lipinski definition) is 4. The lowest BCUT2D eigenvalue weighted by Gasteiger charge is -2.33. The molecular formula is C26H29N3O4. The molecule has 1 aliphatic carbocycles. The zero-order chi connectivity index (χ0) is 23.7. The van der Waals surface area contributed by atoms with E-state index in [-0.39, 0.29) is 29.9 Å². The Morgan fingerprint density at radius 3 is 2.48 bits per heavy atom. The van der Waals surface area contributed by atoms with Gasteiger partial charge in [-0.05, 0) is 56.4 Å². The molecule has 2 aromatic carbocycles. The van der Waals surface area contributed by atoms with E-state index >= 15 is 0 Å². The summed E-state index contributed by atoms with van der Waals surface area (Å²) < 4.78 is 5.44. The van der Waals surface area contributed by atoms with Crippen LogP contribution in [-0.2, 0) is 14.3 Å². The first kappa shape index (κ1) is 22.6. The second-order valence-corrected chi connectivity index (χ2v) is 8.87. The Kier molecular flexibility index (Phi) is 6.22. The van der Waals surface area contributed by atoms with Gasteiger partial charge < -0.3 is 20.3 Å². The molecule has 2 N–H and O–H groups in total. The Hall–Kier alpha value is -3.61. The van der Waals surface area contributed by atoms with Gasteiger partial charge in [-0.15, -0.1) is 0 Å². The molecule has 1 saturated carbocycles. The number of anilines is 1. The Balaban J connectivity index is 1.54. The summed E-state index contributed by atoms with van der Waals surface area (Å²) in [6.45, 7) is 5.29. The van der Waals surface area contributed by atoms with E-state index in [0.717, 1.165) is 6.42 Å². The van der Waals surface area contributed by atoms with Gasteiger partial charge in [0.15, 0.2) is 0 Å². The van der Waals surface area contributed by atoms with Crippen molar-refractivity contribution in [3.05, 3.63) is 77.0 Å². The van der Waals surface area contributed by atoms with Crippen LogP contribution < -0.4 is 10.6 Å². The van der Waals surface area contributed by atoms with Crippen molar-refractivity contribution >= 4 is 23.6 Å². The SMILES string of the molecule is CC1=C(C(=O)OC(C)C)C(c2cccc(NC(=O)C3C[C@H]3c3ccccc3)c2)NC(=O)N1C. The molecule has 172 valence electrons. The zero-order valence-electron chi connectivity index (χ0n) is 19.3. The minimum atomic E-state index is -0.671. The maximum atomic E-state index is 12.9. The molecular weight excluding hydrogens is 418 g/mol. The van der Waals surface area contributed by atoms with Gasteiger partial charge in [0.25, 0.3) is 0 Å². The van der Waals surface area contributed by atoms with Crippen molar-refractivity contribution in [2.75, 3.05) is 12.4 Å². The van der Waals surface area contributed by atoms with Gasteiger partial charge in [0.05, 0.1) is 17.7 Å². The number of nitrogens with one attached hydrogen (secondary N) is 2. The first-order valence-corrected chi connectivity index (χ1v) is 11.2. The standard InChI is InChI=1S/C26H29N3O4/c1-15(2)33-25(31)22-16(3)29(4)26(32)28-23(22)18-11-8-12-19(13-18)27-24(30)21-14-20(21)17-9-6-5-7-10-17/h5-13,15,20-21,23H,14H2,1-4H3,(H,27,30)(H,28,32)/t20-,21?,23?/m0/s1. The summed E-state index contributed by atoms with van der Waals surface area (Å²) in [5, 5.41) is 5.87. The van der Waals surface area contributed by atoms with Crippen LogP contribution in [0.1, 0.15) is 50.3 Å². The number of rotatable bonds is 6. The number of ether oxygens (including phenoxy) is 1. The molecule has 2 aromatic rings. The average Bonchev–Trinajstić information content (AvgIpc) is 3.58. The van der Waals surface area contributed by atoms with Gasteiger partial charge >= 0.3 is 12.0 Å². The molecule has 2 aliphatic rings. The Bertz CT molecular complexity index is 1110. The van der Waals surface area contributed by atoms with E-state index in [1.54, 1.807) is 46.0 Å². The molecule has 7 nitrogen and oxygen atoms in total. The molecule has 2 unspecified atom stereocenters. The molecule has 0 bridgehead atoms. The molecule has 3 amide bonds. The van der Waals surface area contributed by atoms with Crippen molar-refractivity contribution in [1.82, 2.24) is 10.2 Å². The summed E-state index contributed by atoms with van der Waals surface area (Å²) in [6.07, 6.45) is 0.538. The van der Waals surface area contributed by atoms with Crippen LogP contribution in [0, 0.1) is 5.92 Å². The van der Waals surface area contributed by atoms with Gasteiger partial charge in [-0.3, -0.25) is 4.79 Å². The van der Waals surface area contributed by atoms with E-state index in [1.807, 2.05) is 36.4 Å². The van der Waals surface area contributed by atoms with E-state index in [1.165, 1.54) is 10.5 Å². The summed E-state index contributed by atoms with van der Waals surface area (Å²) >= 11 is 0. The van der Waals surface area contributed by atoms with E-state index in [2.05, 4.69) is 10.6 Å². The quantitative estimate of drug-likeness (QED) is 0.645. The number of amides is 3. The monoisotopic (exact) mass is 447 g/mol. The molecule has 0 saturated heterocycles. The van der Waals surface area contributed by atoms with Crippen molar-refractivity contribution in [1.29, 1.82) is 0 Å². The highest BCUT2D eigenvalue weighted by Crippen LogP contribution is 2.48. The van der Waals surface area contributed by atoms with Crippen LogP contribution in [0.5, 0.6) is 0 Å². The van der Waals surface area contributed by atoms with E-state index in [9.17, 15) is 14.4 Å². The van der Waals surface area contributed by atoms with Crippen LogP contribution in [0.25, 0.3) is 0 Å². The summed E-state index contributed by atoms with van der Waals surface area (Å²) in [5.41, 5.74) is 3.40. The smallest absolute Gasteiger partial charge is 0.338 e. The summed E-state index contributed by atoms with van der Waals surface area (Å²) in [7, 11) is 1.61. The van der Waals surface area contributed by atoms with E-state index in [4.69, 9.17) is 4.74 Å². The third-order valence-electron chi connectivity index (χ3n) is 6.16. The van der Waals surface area contributed by atoms with E-state index in [0.29, 0.717) is 22.5 Å². The van der Waals surface area contributed by atoms with Crippen LogP contribution in [0.4, 0.5) is 10.5 Å². The predicted octanol–water partition coefficient (Wildman–Crippen LogP) is 4.35. The third-order valence-corrected chi connectivity index (χ3v) is 6.16. The van der Waals surface area contributed by atoms with Crippen molar-refractivity contribution in [3.63, 3.8) is 0 Å². The minimum absolute atomic E-state index is 0.0282. The normalized spacial score (nSPS) is 22.2. The van der Waals surface area contributed by atoms with Crippen LogP contribution >= 0.6 is 0 Å². The number of urea groups is 1. The molecule has 7 heteroatoms. The number of benzene rings is 2. The van der Waals surface area contributed by atoms with Gasteiger partial charge in [0.2, 0.25) is 5.91 Å². The number of hydrogen-bond donors (Lipinski definition) is 2. The van der Waals surface area contributed by atoms with Crippen molar-refractivity contribution < 1.29 is 19.1 Å². The zero-order valence-corrected chi connectivity index (χ0v) is 19.3. The fourth-order valence-electron chi connectivity index (χ4n) is 4.21. The molecule has 1 aliphatic heterocycles. The fourth-order valence-corrected chi connectivity index (χ4v) is 4.21. The van der Waals surface area contributed by atoms with E-state index < -0.39 is 12.0 Å². The van der Waals surface area contributed by atoms with Gasteiger partial charge in [-0.1, -0.05) is 42.5 Å². The molecule has 0 radical (unpaired) electrons. The number of nitrogens with zero attached hydrogens (tertiary/aromatic N) is 1. The number of carbonyl (C=O) groups is 3. The van der Waals surface area contributed by atoms with Gasteiger partial charge in [0, 0.05) is 24.4 Å². The summed E-state index contributed by atoms with van der Waals surface area (Å²) in [4.78, 5) is 39.5. The van der Waals surface area contributed by atoms with Crippen LogP contribution in [-0.4, -0.2) is 36.0 Å². The molecule has 0 spiro atoms. The van der Waals surface area contributed by atoms with Crippen LogP contribution in [0.15, 0.2) is 65.9 Å². The highest BCUT2D eigenvalue weighted by molar-refractivity contribution is 5.96. The van der Waals surface area contributed by atoms with Crippen LogP contribution in [0.3, 0.4) is 0 Å². The number of esters is 1. The van der Waals surface area contributed by atoms with Crippen molar-refractivity contribution in [2.24, 2.45) is 5.92 Å². The largest absolute Gasteiger partial charge is 0.459 e. The van der Waals surface area contributed by atoms with Crippen molar-refractivity contribution in [3.8, 4) is 0 Å². The maximum Gasteiger partial charge on any atom is 0.338 e. The second kappa shape index (κ2) is 9.10. The lowest BCUT2D eigenvalue weighted by Crippen LogP contribution is -2.46. The Morgan fingerprint density at radius 2 is 1.79 bits per heavy atom. The van der Waals surface area contributed by atoms with Gasteiger partial charge in [0.1, 0.15) is 0 Å². The molecule has 0 aromatic heterocycles. The maximum absolute atomic E-state index is 12.9. The molecule has 3 atom stereocenters. The second-order valence-electron chi connectivity index (χ2n) is 8.87. The predicted molar refractivity (Wildman–Crippen MR) is 125 cm³/mol. The topological polar surface area (TPSA) is 87.7 Å². The molecule has 4 rings (SSSR count).